The Hall–Kier alpha value is -1.14. The van der Waals surface area contributed by atoms with Crippen LogP contribution in [0.4, 0.5) is 4.79 Å². The number of nitrogens with zero attached hydrogens (tertiary/aromatic N) is 1. The fraction of sp³-hybridized carbons (Fsp3) is 0.889. The van der Waals surface area contributed by atoms with Crippen molar-refractivity contribution in [1.29, 1.82) is 0 Å². The van der Waals surface area contributed by atoms with Crippen molar-refractivity contribution in [2.45, 2.75) is 78.8 Å². The molecule has 6 heteroatoms. The molecular formula is C18H33NO5. The van der Waals surface area contributed by atoms with Gasteiger partial charge in [0, 0.05) is 13.1 Å². The molecule has 2 rings (SSSR count). The Morgan fingerprint density at radius 2 is 1.71 bits per heavy atom. The SMILES string of the molecule is CC(=O)C1COC(C)(C)O1.CC1CCN(C(=O)OC(C)(C)C)CC1. The molecule has 1 amide bonds. The first-order valence-corrected chi connectivity index (χ1v) is 8.70. The summed E-state index contributed by atoms with van der Waals surface area (Å²) in [5.74, 6) is 0.204. The molecule has 0 aliphatic carbocycles. The van der Waals surface area contributed by atoms with Gasteiger partial charge in [-0.3, -0.25) is 4.79 Å². The number of ketones is 1. The van der Waals surface area contributed by atoms with Crippen molar-refractivity contribution in [3.05, 3.63) is 0 Å². The molecule has 2 aliphatic heterocycles. The van der Waals surface area contributed by atoms with Crippen LogP contribution in [0.5, 0.6) is 0 Å². The van der Waals surface area contributed by atoms with Crippen molar-refractivity contribution >= 4 is 11.9 Å². The van der Waals surface area contributed by atoms with Gasteiger partial charge in [0.25, 0.3) is 0 Å². The number of ether oxygens (including phenoxy) is 3. The first-order chi connectivity index (χ1) is 10.9. The van der Waals surface area contributed by atoms with Crippen LogP contribution >= 0.6 is 0 Å². The highest BCUT2D eigenvalue weighted by Crippen LogP contribution is 2.22. The number of likely N-dealkylation sites (tertiary alicyclic amines) is 1. The zero-order valence-corrected chi connectivity index (χ0v) is 16.2. The summed E-state index contributed by atoms with van der Waals surface area (Å²) in [6, 6.07) is 0. The molecule has 0 N–H and O–H groups in total. The summed E-state index contributed by atoms with van der Waals surface area (Å²) in [7, 11) is 0. The van der Waals surface area contributed by atoms with Crippen molar-refractivity contribution in [2.75, 3.05) is 19.7 Å². The predicted molar refractivity (Wildman–Crippen MR) is 91.8 cm³/mol. The van der Waals surface area contributed by atoms with E-state index in [1.807, 2.05) is 25.7 Å². The van der Waals surface area contributed by atoms with Gasteiger partial charge in [-0.15, -0.1) is 0 Å². The van der Waals surface area contributed by atoms with Crippen molar-refractivity contribution < 1.29 is 23.8 Å². The van der Waals surface area contributed by atoms with Gasteiger partial charge in [-0.1, -0.05) is 6.92 Å². The Bertz CT molecular complexity index is 433. The van der Waals surface area contributed by atoms with Gasteiger partial charge in [-0.05, 0) is 60.3 Å². The summed E-state index contributed by atoms with van der Waals surface area (Å²) in [5, 5.41) is 0. The van der Waals surface area contributed by atoms with Crippen LogP contribution in [-0.2, 0) is 19.0 Å². The van der Waals surface area contributed by atoms with E-state index >= 15 is 0 Å². The average molecular weight is 343 g/mol. The molecule has 0 radical (unpaired) electrons. The number of amides is 1. The Morgan fingerprint density at radius 1 is 1.17 bits per heavy atom. The van der Waals surface area contributed by atoms with E-state index in [1.54, 1.807) is 13.8 Å². The number of hydrogen-bond acceptors (Lipinski definition) is 5. The van der Waals surface area contributed by atoms with Crippen molar-refractivity contribution in [1.82, 2.24) is 4.90 Å². The van der Waals surface area contributed by atoms with Crippen LogP contribution in [0, 0.1) is 5.92 Å². The van der Waals surface area contributed by atoms with E-state index < -0.39 is 5.79 Å². The van der Waals surface area contributed by atoms with Crippen LogP contribution in [-0.4, -0.2) is 54.0 Å². The number of piperidine rings is 1. The maximum atomic E-state index is 11.6. The minimum absolute atomic E-state index is 0.0329. The minimum Gasteiger partial charge on any atom is -0.444 e. The Labute approximate surface area is 145 Å². The average Bonchev–Trinajstić information content (AvgIpc) is 2.79. The first kappa shape index (κ1) is 20.9. The van der Waals surface area contributed by atoms with Gasteiger partial charge in [-0.2, -0.15) is 0 Å². The van der Waals surface area contributed by atoms with Crippen LogP contribution < -0.4 is 0 Å². The molecule has 0 saturated carbocycles. The van der Waals surface area contributed by atoms with Crippen molar-refractivity contribution in [3.63, 3.8) is 0 Å². The largest absolute Gasteiger partial charge is 0.444 e. The molecule has 1 unspecified atom stereocenters. The Kier molecular flexibility index (Phi) is 7.23. The number of carbonyl (C=O) groups excluding carboxylic acids is 2. The second-order valence-corrected chi connectivity index (χ2v) is 8.08. The van der Waals surface area contributed by atoms with Crippen LogP contribution in [0.3, 0.4) is 0 Å². The summed E-state index contributed by atoms with van der Waals surface area (Å²) in [5.41, 5.74) is -0.375. The van der Waals surface area contributed by atoms with Crippen molar-refractivity contribution in [2.24, 2.45) is 5.92 Å². The molecule has 0 bridgehead atoms. The molecule has 0 spiro atoms. The van der Waals surface area contributed by atoms with Gasteiger partial charge in [0.05, 0.1) is 6.61 Å². The molecule has 0 aromatic rings. The molecule has 1 atom stereocenters. The Balaban J connectivity index is 0.000000254. The van der Waals surface area contributed by atoms with Crippen LogP contribution in [0.1, 0.15) is 61.3 Å². The predicted octanol–water partition coefficient (Wildman–Crippen LogP) is 3.38. The molecule has 2 fully saturated rings. The zero-order chi connectivity index (χ0) is 18.5. The Morgan fingerprint density at radius 3 is 2.04 bits per heavy atom. The second-order valence-electron chi connectivity index (χ2n) is 8.08. The summed E-state index contributed by atoms with van der Waals surface area (Å²) < 4.78 is 15.7. The van der Waals surface area contributed by atoms with E-state index in [0.29, 0.717) is 6.61 Å². The smallest absolute Gasteiger partial charge is 0.410 e. The second kappa shape index (κ2) is 8.30. The van der Waals surface area contributed by atoms with Gasteiger partial charge in [0.1, 0.15) is 11.7 Å². The molecule has 2 aliphatic rings. The molecule has 2 heterocycles. The summed E-state index contributed by atoms with van der Waals surface area (Å²) in [6.07, 6.45) is 1.68. The summed E-state index contributed by atoms with van der Waals surface area (Å²) >= 11 is 0. The van der Waals surface area contributed by atoms with Crippen LogP contribution in [0.2, 0.25) is 0 Å². The molecule has 140 valence electrons. The highest BCUT2D eigenvalue weighted by molar-refractivity contribution is 5.80. The molecule has 24 heavy (non-hydrogen) atoms. The van der Waals surface area contributed by atoms with Crippen LogP contribution in [0.25, 0.3) is 0 Å². The van der Waals surface area contributed by atoms with Gasteiger partial charge in [0.15, 0.2) is 11.6 Å². The quantitative estimate of drug-likeness (QED) is 0.730. The van der Waals surface area contributed by atoms with Gasteiger partial charge in [0.2, 0.25) is 0 Å². The molecule has 6 nitrogen and oxygen atoms in total. The normalized spacial score (nSPS) is 24.1. The minimum atomic E-state index is -0.573. The number of rotatable bonds is 1. The third-order valence-corrected chi connectivity index (χ3v) is 3.90. The van der Waals surface area contributed by atoms with E-state index in [0.717, 1.165) is 31.8 Å². The number of carbonyl (C=O) groups is 2. The zero-order valence-electron chi connectivity index (χ0n) is 16.2. The lowest BCUT2D eigenvalue weighted by Gasteiger charge is -2.32. The number of Topliss-reactive ketones (excluding diaryl/α,β-unsaturated/α-hetero) is 1. The summed E-state index contributed by atoms with van der Waals surface area (Å²) in [4.78, 5) is 24.2. The van der Waals surface area contributed by atoms with Crippen LogP contribution in [0.15, 0.2) is 0 Å². The fourth-order valence-electron chi connectivity index (χ4n) is 2.40. The maximum Gasteiger partial charge on any atom is 0.410 e. The lowest BCUT2D eigenvalue weighted by atomic mass is 10.00. The third kappa shape index (κ3) is 7.62. The highest BCUT2D eigenvalue weighted by Gasteiger charge is 2.34. The lowest BCUT2D eigenvalue weighted by molar-refractivity contribution is -0.150. The van der Waals surface area contributed by atoms with Crippen molar-refractivity contribution in [3.8, 4) is 0 Å². The fourth-order valence-corrected chi connectivity index (χ4v) is 2.40. The van der Waals surface area contributed by atoms with E-state index in [1.165, 1.54) is 6.92 Å². The summed E-state index contributed by atoms with van der Waals surface area (Å²) in [6.45, 7) is 15.1. The topological polar surface area (TPSA) is 65.1 Å². The molecular weight excluding hydrogens is 310 g/mol. The monoisotopic (exact) mass is 343 g/mol. The van der Waals surface area contributed by atoms with Gasteiger partial charge >= 0.3 is 6.09 Å². The van der Waals surface area contributed by atoms with E-state index in [-0.39, 0.29) is 23.6 Å². The van der Waals surface area contributed by atoms with E-state index in [2.05, 4.69) is 6.92 Å². The first-order valence-electron chi connectivity index (χ1n) is 8.70. The van der Waals surface area contributed by atoms with Gasteiger partial charge in [-0.25, -0.2) is 4.79 Å². The van der Waals surface area contributed by atoms with E-state index in [9.17, 15) is 9.59 Å². The molecule has 0 aromatic heterocycles. The highest BCUT2D eigenvalue weighted by atomic mass is 16.7. The third-order valence-electron chi connectivity index (χ3n) is 3.90. The standard InChI is InChI=1S/C11H21NO2.C7H12O3/c1-9-5-7-12(8-6-9)10(13)14-11(2,3)4;1-5(8)6-4-9-7(2,3)10-6/h9H,5-8H2,1-4H3;6H,4H2,1-3H3. The molecule has 0 aromatic carbocycles. The lowest BCUT2D eigenvalue weighted by Crippen LogP contribution is -2.41. The van der Waals surface area contributed by atoms with Gasteiger partial charge < -0.3 is 19.1 Å². The van der Waals surface area contributed by atoms with E-state index in [4.69, 9.17) is 14.2 Å². The maximum absolute atomic E-state index is 11.6. The molecule has 2 saturated heterocycles. The number of hydrogen-bond donors (Lipinski definition) is 0.